The quantitative estimate of drug-likeness (QED) is 0.643. The summed E-state index contributed by atoms with van der Waals surface area (Å²) in [5.74, 6) is -0.463. The van der Waals surface area contributed by atoms with Crippen LogP contribution in [0.2, 0.25) is 5.02 Å². The van der Waals surface area contributed by atoms with Crippen molar-refractivity contribution in [3.63, 3.8) is 0 Å². The Morgan fingerprint density at radius 2 is 1.79 bits per heavy atom. The molecule has 0 atom stereocenters. The largest absolute Gasteiger partial charge is 0.340 e. The fourth-order valence-electron chi connectivity index (χ4n) is 3.10. The third kappa shape index (κ3) is 4.74. The van der Waals surface area contributed by atoms with Crippen LogP contribution in [0.15, 0.2) is 51.8 Å². The lowest BCUT2D eigenvalue weighted by Crippen LogP contribution is -2.50. The van der Waals surface area contributed by atoms with Crippen LogP contribution in [0, 0.1) is 5.82 Å². The van der Waals surface area contributed by atoms with Gasteiger partial charge in [-0.25, -0.2) is 12.8 Å². The van der Waals surface area contributed by atoms with Crippen molar-refractivity contribution in [1.82, 2.24) is 9.21 Å². The summed E-state index contributed by atoms with van der Waals surface area (Å²) in [7, 11) is -3.70. The van der Waals surface area contributed by atoms with Gasteiger partial charge in [0.15, 0.2) is 0 Å². The minimum absolute atomic E-state index is 0.0714. The average Bonchev–Trinajstić information content (AvgIpc) is 2.67. The Morgan fingerprint density at radius 3 is 2.43 bits per heavy atom. The maximum atomic E-state index is 13.9. The number of aryl methyl sites for hydroxylation is 1. The number of hydrogen-bond acceptors (Lipinski definition) is 3. The van der Waals surface area contributed by atoms with E-state index in [4.69, 9.17) is 11.6 Å². The minimum Gasteiger partial charge on any atom is -0.340 e. The first kappa shape index (κ1) is 21.2. The third-order valence-corrected chi connectivity index (χ3v) is 7.56. The molecule has 150 valence electrons. The van der Waals surface area contributed by atoms with Crippen LogP contribution >= 0.6 is 27.5 Å². The molecule has 0 aliphatic carbocycles. The van der Waals surface area contributed by atoms with Crippen LogP contribution in [0.4, 0.5) is 4.39 Å². The molecule has 1 saturated heterocycles. The predicted octanol–water partition coefficient (Wildman–Crippen LogP) is 3.71. The zero-order valence-electron chi connectivity index (χ0n) is 14.9. The second kappa shape index (κ2) is 8.90. The van der Waals surface area contributed by atoms with Crippen LogP contribution in [-0.2, 0) is 21.2 Å². The van der Waals surface area contributed by atoms with Crippen LogP contribution < -0.4 is 0 Å². The molecule has 0 radical (unpaired) electrons. The highest BCUT2D eigenvalue weighted by molar-refractivity contribution is 9.10. The van der Waals surface area contributed by atoms with Gasteiger partial charge in [0, 0.05) is 37.1 Å². The first-order valence-electron chi connectivity index (χ1n) is 8.75. The maximum absolute atomic E-state index is 13.9. The predicted molar refractivity (Wildman–Crippen MR) is 109 cm³/mol. The molecule has 2 aromatic carbocycles. The van der Waals surface area contributed by atoms with Crippen molar-refractivity contribution in [1.29, 1.82) is 0 Å². The van der Waals surface area contributed by atoms with E-state index in [0.717, 1.165) is 0 Å². The Balaban J connectivity index is 1.57. The van der Waals surface area contributed by atoms with Gasteiger partial charge in [0.1, 0.15) is 10.7 Å². The fourth-order valence-corrected chi connectivity index (χ4v) is 5.34. The van der Waals surface area contributed by atoms with Crippen molar-refractivity contribution < 1.29 is 17.6 Å². The summed E-state index contributed by atoms with van der Waals surface area (Å²) >= 11 is 9.23. The van der Waals surface area contributed by atoms with Gasteiger partial charge in [-0.2, -0.15) is 4.31 Å². The monoisotopic (exact) mass is 488 g/mol. The highest BCUT2D eigenvalue weighted by Gasteiger charge is 2.31. The molecule has 5 nitrogen and oxygen atoms in total. The Bertz CT molecular complexity index is 979. The Hall–Kier alpha value is -1.48. The summed E-state index contributed by atoms with van der Waals surface area (Å²) in [5, 5.41) is 0.178. The summed E-state index contributed by atoms with van der Waals surface area (Å²) in [6.45, 7) is 0.995. The smallest absolute Gasteiger partial charge is 0.244 e. The van der Waals surface area contributed by atoms with E-state index in [0.29, 0.717) is 29.5 Å². The Morgan fingerprint density at radius 1 is 1.11 bits per heavy atom. The number of nitrogens with zero attached hydrogens (tertiary/aromatic N) is 2. The first-order valence-corrected chi connectivity index (χ1v) is 11.4. The normalized spacial score (nSPS) is 15.6. The van der Waals surface area contributed by atoms with Crippen molar-refractivity contribution in [2.45, 2.75) is 17.7 Å². The fraction of sp³-hybridized carbons (Fsp3) is 0.316. The molecule has 0 bridgehead atoms. The van der Waals surface area contributed by atoms with Gasteiger partial charge < -0.3 is 4.90 Å². The highest BCUT2D eigenvalue weighted by atomic mass is 79.9. The van der Waals surface area contributed by atoms with E-state index in [-0.39, 0.29) is 41.2 Å². The number of benzene rings is 2. The van der Waals surface area contributed by atoms with Gasteiger partial charge in [-0.05, 0) is 36.2 Å². The Kier molecular flexibility index (Phi) is 6.75. The van der Waals surface area contributed by atoms with Crippen LogP contribution in [0.25, 0.3) is 0 Å². The highest BCUT2D eigenvalue weighted by Crippen LogP contribution is 2.25. The summed E-state index contributed by atoms with van der Waals surface area (Å²) in [6.07, 6.45) is 0.478. The number of hydrogen-bond donors (Lipinski definition) is 0. The number of amides is 1. The van der Waals surface area contributed by atoms with Gasteiger partial charge in [-0.15, -0.1) is 0 Å². The molecule has 0 aromatic heterocycles. The average molecular weight is 490 g/mol. The van der Waals surface area contributed by atoms with Gasteiger partial charge in [0.2, 0.25) is 15.9 Å². The van der Waals surface area contributed by atoms with Crippen LogP contribution in [-0.4, -0.2) is 49.7 Å². The molecule has 1 fully saturated rings. The lowest BCUT2D eigenvalue weighted by molar-refractivity contribution is -0.132. The number of carbonyl (C=O) groups excluding carboxylic acids is 1. The molecule has 2 aromatic rings. The van der Waals surface area contributed by atoms with Gasteiger partial charge in [-0.1, -0.05) is 45.7 Å². The van der Waals surface area contributed by atoms with E-state index in [1.807, 2.05) is 0 Å². The summed E-state index contributed by atoms with van der Waals surface area (Å²) in [6, 6.07) is 11.1. The van der Waals surface area contributed by atoms with Gasteiger partial charge in [0.05, 0.1) is 5.02 Å². The molecular weight excluding hydrogens is 471 g/mol. The van der Waals surface area contributed by atoms with Crippen molar-refractivity contribution >= 4 is 43.5 Å². The third-order valence-electron chi connectivity index (χ3n) is 4.67. The zero-order valence-corrected chi connectivity index (χ0v) is 18.1. The van der Waals surface area contributed by atoms with E-state index in [2.05, 4.69) is 15.9 Å². The van der Waals surface area contributed by atoms with E-state index in [9.17, 15) is 17.6 Å². The molecule has 0 unspecified atom stereocenters. The molecule has 1 aliphatic rings. The first-order chi connectivity index (χ1) is 13.3. The second-order valence-corrected chi connectivity index (χ2v) is 9.68. The second-order valence-electron chi connectivity index (χ2n) is 6.45. The molecular formula is C19H19BrClFN2O3S. The maximum Gasteiger partial charge on any atom is 0.244 e. The summed E-state index contributed by atoms with van der Waals surface area (Å²) < 4.78 is 41.4. The lowest BCUT2D eigenvalue weighted by atomic mass is 10.1. The van der Waals surface area contributed by atoms with E-state index >= 15 is 0 Å². The zero-order chi connectivity index (χ0) is 20.3. The van der Waals surface area contributed by atoms with Crippen molar-refractivity contribution in [2.75, 3.05) is 26.2 Å². The standard InChI is InChI=1S/C19H19BrClFN2O3S/c20-15-7-5-14(17(22)13-15)6-8-19(25)23-9-11-24(12-10-23)28(26,27)18-4-2-1-3-16(18)21/h1-5,7,13H,6,8-12H2. The van der Waals surface area contributed by atoms with Gasteiger partial charge >= 0.3 is 0 Å². The number of halogens is 3. The van der Waals surface area contributed by atoms with E-state index in [1.165, 1.54) is 22.5 Å². The van der Waals surface area contributed by atoms with Crippen LogP contribution in [0.1, 0.15) is 12.0 Å². The van der Waals surface area contributed by atoms with Crippen molar-refractivity contribution in [2.24, 2.45) is 0 Å². The number of rotatable bonds is 5. The SMILES string of the molecule is O=C(CCc1ccc(Br)cc1F)N1CCN(S(=O)(=O)c2ccccc2Cl)CC1. The van der Waals surface area contributed by atoms with Gasteiger partial charge in [-0.3, -0.25) is 4.79 Å². The molecule has 0 N–H and O–H groups in total. The number of sulfonamides is 1. The Labute approximate surface area is 177 Å². The molecule has 1 heterocycles. The molecule has 3 rings (SSSR count). The van der Waals surface area contributed by atoms with Crippen LogP contribution in [0.5, 0.6) is 0 Å². The van der Waals surface area contributed by atoms with Crippen molar-refractivity contribution in [3.8, 4) is 0 Å². The van der Waals surface area contributed by atoms with E-state index < -0.39 is 10.0 Å². The minimum atomic E-state index is -3.70. The molecule has 1 amide bonds. The van der Waals surface area contributed by atoms with Crippen LogP contribution in [0.3, 0.4) is 0 Å². The van der Waals surface area contributed by atoms with Gasteiger partial charge in [0.25, 0.3) is 0 Å². The molecule has 9 heteroatoms. The number of carbonyl (C=O) groups is 1. The molecule has 28 heavy (non-hydrogen) atoms. The number of piperazine rings is 1. The van der Waals surface area contributed by atoms with E-state index in [1.54, 1.807) is 29.2 Å². The summed E-state index contributed by atoms with van der Waals surface area (Å²) in [4.78, 5) is 14.1. The molecule has 1 aliphatic heterocycles. The lowest BCUT2D eigenvalue weighted by Gasteiger charge is -2.34. The molecule has 0 saturated carbocycles. The van der Waals surface area contributed by atoms with Crippen molar-refractivity contribution in [3.05, 3.63) is 63.3 Å². The summed E-state index contributed by atoms with van der Waals surface area (Å²) in [5.41, 5.74) is 0.483. The topological polar surface area (TPSA) is 57.7 Å². The molecule has 0 spiro atoms.